The van der Waals surface area contributed by atoms with Crippen molar-refractivity contribution >= 4 is 16.0 Å². The molecule has 0 aromatic heterocycles. The number of carbonyl (C=O) groups excluding carboxylic acids is 1. The predicted molar refractivity (Wildman–Crippen MR) is 142 cm³/mol. The number of hydrogen-bond donors (Lipinski definition) is 0. The van der Waals surface area contributed by atoms with Gasteiger partial charge in [-0.15, -0.1) is 0 Å². The van der Waals surface area contributed by atoms with Gasteiger partial charge in [0.25, 0.3) is 0 Å². The van der Waals surface area contributed by atoms with E-state index >= 15 is 0 Å². The molecule has 200 valence electrons. The maximum atomic E-state index is 14.2. The molecule has 5 nitrogen and oxygen atoms in total. The molecule has 3 saturated carbocycles. The second kappa shape index (κ2) is 8.30. The van der Waals surface area contributed by atoms with Gasteiger partial charge in [-0.25, -0.2) is 8.42 Å². The summed E-state index contributed by atoms with van der Waals surface area (Å²) in [7, 11) is -2.50. The first kappa shape index (κ1) is 26.2. The number of aryl methyl sites for hydroxylation is 1. The molecule has 1 aromatic rings. The van der Waals surface area contributed by atoms with Crippen molar-refractivity contribution < 1.29 is 17.9 Å². The summed E-state index contributed by atoms with van der Waals surface area (Å²) in [6.07, 6.45) is 8.48. The number of hydrogen-bond acceptors (Lipinski definition) is 4. The molecule has 1 aromatic carbocycles. The summed E-state index contributed by atoms with van der Waals surface area (Å²) in [6, 6.07) is 6.25. The third-order valence-corrected chi connectivity index (χ3v) is 13.7. The van der Waals surface area contributed by atoms with Gasteiger partial charge >= 0.3 is 5.97 Å². The molecular weight excluding hydrogens is 470 g/mol. The number of fused-ring (bicyclic) bond motifs is 5. The lowest BCUT2D eigenvalue weighted by atomic mass is 9.38. The highest BCUT2D eigenvalue weighted by Crippen LogP contribution is 2.72. The zero-order chi connectivity index (χ0) is 26.3. The molecule has 0 spiro atoms. The van der Waals surface area contributed by atoms with Gasteiger partial charge in [-0.3, -0.25) is 4.79 Å². The van der Waals surface area contributed by atoms with E-state index in [0.717, 1.165) is 24.8 Å². The molecule has 6 heteroatoms. The summed E-state index contributed by atoms with van der Waals surface area (Å²) in [6.45, 7) is 14.0. The number of sulfonamides is 1. The zero-order valence-electron chi connectivity index (χ0n) is 23.3. The monoisotopic (exact) mass is 515 g/mol. The lowest BCUT2D eigenvalue weighted by Gasteiger charge is -2.67. The van der Waals surface area contributed by atoms with Crippen molar-refractivity contribution in [3.63, 3.8) is 0 Å². The van der Waals surface area contributed by atoms with E-state index in [9.17, 15) is 13.2 Å². The molecule has 1 heterocycles. The van der Waals surface area contributed by atoms with Crippen LogP contribution >= 0.6 is 0 Å². The molecule has 0 radical (unpaired) electrons. The topological polar surface area (TPSA) is 63.7 Å². The summed E-state index contributed by atoms with van der Waals surface area (Å²) in [5, 5.41) is 0. The van der Waals surface area contributed by atoms with Crippen LogP contribution in [0.3, 0.4) is 0 Å². The lowest BCUT2D eigenvalue weighted by molar-refractivity contribution is -0.178. The van der Waals surface area contributed by atoms with E-state index in [-0.39, 0.29) is 21.6 Å². The Hall–Kier alpha value is -1.40. The number of nitrogens with zero attached hydrogens (tertiary/aromatic N) is 1. The molecule has 7 unspecified atom stereocenters. The fourth-order valence-electron chi connectivity index (χ4n) is 10.1. The smallest absolute Gasteiger partial charge is 0.324 e. The van der Waals surface area contributed by atoms with Crippen LogP contribution in [0.2, 0.25) is 0 Å². The first-order valence-electron chi connectivity index (χ1n) is 13.9. The Labute approximate surface area is 218 Å². The average molecular weight is 516 g/mol. The molecule has 3 aliphatic carbocycles. The van der Waals surface area contributed by atoms with E-state index in [1.165, 1.54) is 32.8 Å². The molecule has 1 saturated heterocycles. The van der Waals surface area contributed by atoms with Gasteiger partial charge in [-0.1, -0.05) is 51.8 Å². The van der Waals surface area contributed by atoms with Gasteiger partial charge in [0.1, 0.15) is 6.04 Å². The van der Waals surface area contributed by atoms with Crippen LogP contribution in [-0.4, -0.2) is 37.4 Å². The van der Waals surface area contributed by atoms with Crippen molar-refractivity contribution in [3.8, 4) is 0 Å². The maximum absolute atomic E-state index is 14.2. The van der Waals surface area contributed by atoms with Crippen molar-refractivity contribution in [1.29, 1.82) is 0 Å². The quantitative estimate of drug-likeness (QED) is 0.440. The number of ether oxygens (including phenoxy) is 1. The van der Waals surface area contributed by atoms with E-state index in [4.69, 9.17) is 4.74 Å². The Morgan fingerprint density at radius 2 is 1.50 bits per heavy atom. The van der Waals surface area contributed by atoms with Gasteiger partial charge in [0.15, 0.2) is 0 Å². The average Bonchev–Trinajstić information content (AvgIpc) is 3.13. The standard InChI is InChI=1S/C30H45NO4S/c1-20-9-11-21(12-10-20)36(33,34)31-22(26(32)35-7)19-25-29(5)17-13-23-27(2,3)15-8-16-28(23,4)24(29)14-18-30(25,31)6/h9-12,22-25H,8,13-19H2,1-7H3. The minimum atomic E-state index is -3.88. The van der Waals surface area contributed by atoms with E-state index in [1.807, 2.05) is 19.1 Å². The number of carbonyl (C=O) groups is 1. The van der Waals surface area contributed by atoms with Gasteiger partial charge in [0.2, 0.25) is 10.0 Å². The van der Waals surface area contributed by atoms with E-state index in [1.54, 1.807) is 16.4 Å². The van der Waals surface area contributed by atoms with E-state index in [2.05, 4.69) is 34.6 Å². The first-order valence-corrected chi connectivity index (χ1v) is 15.3. The highest BCUT2D eigenvalue weighted by Gasteiger charge is 2.70. The molecular formula is C30H45NO4S. The van der Waals surface area contributed by atoms with Crippen molar-refractivity contribution in [2.45, 2.75) is 109 Å². The summed E-state index contributed by atoms with van der Waals surface area (Å²) in [5.74, 6) is 0.934. The Balaban J connectivity index is 1.59. The molecule has 0 amide bonds. The normalized spacial score (nSPS) is 42.2. The van der Waals surface area contributed by atoms with Gasteiger partial charge in [-0.2, -0.15) is 4.31 Å². The fraction of sp³-hybridized carbons (Fsp3) is 0.767. The fourth-order valence-corrected chi connectivity index (χ4v) is 12.1. The number of rotatable bonds is 3. The molecule has 7 atom stereocenters. The van der Waals surface area contributed by atoms with Crippen LogP contribution in [0.25, 0.3) is 0 Å². The van der Waals surface area contributed by atoms with Gasteiger partial charge in [0.05, 0.1) is 12.0 Å². The second-order valence-electron chi connectivity index (χ2n) is 13.8. The third-order valence-electron chi connectivity index (χ3n) is 11.6. The zero-order valence-corrected chi connectivity index (χ0v) is 24.1. The molecule has 4 aliphatic rings. The molecule has 36 heavy (non-hydrogen) atoms. The molecule has 4 fully saturated rings. The summed E-state index contributed by atoms with van der Waals surface area (Å²) in [5.41, 5.74) is 1.01. The van der Waals surface area contributed by atoms with Crippen LogP contribution in [-0.2, 0) is 19.6 Å². The van der Waals surface area contributed by atoms with Crippen molar-refractivity contribution in [2.75, 3.05) is 7.11 Å². The summed E-state index contributed by atoms with van der Waals surface area (Å²) in [4.78, 5) is 13.4. The summed E-state index contributed by atoms with van der Waals surface area (Å²) < 4.78 is 35.2. The molecule has 0 bridgehead atoms. The van der Waals surface area contributed by atoms with Crippen LogP contribution in [0.4, 0.5) is 0 Å². The molecule has 0 N–H and O–H groups in total. The van der Waals surface area contributed by atoms with Crippen LogP contribution in [0, 0.1) is 40.9 Å². The van der Waals surface area contributed by atoms with Crippen LogP contribution in [0.5, 0.6) is 0 Å². The second-order valence-corrected chi connectivity index (χ2v) is 15.6. The highest BCUT2D eigenvalue weighted by molar-refractivity contribution is 7.89. The Kier molecular flexibility index (Phi) is 6.04. The number of benzene rings is 1. The van der Waals surface area contributed by atoms with Crippen molar-refractivity contribution in [2.24, 2.45) is 34.0 Å². The van der Waals surface area contributed by atoms with Gasteiger partial charge in [-0.05, 0) is 105 Å². The van der Waals surface area contributed by atoms with Crippen LogP contribution in [0.15, 0.2) is 29.2 Å². The number of esters is 1. The predicted octanol–water partition coefficient (Wildman–Crippen LogP) is 6.35. The lowest BCUT2D eigenvalue weighted by Crippen LogP contribution is -2.64. The number of methoxy groups -OCH3 is 1. The third kappa shape index (κ3) is 3.49. The largest absolute Gasteiger partial charge is 0.468 e. The van der Waals surface area contributed by atoms with Crippen LogP contribution < -0.4 is 0 Å². The summed E-state index contributed by atoms with van der Waals surface area (Å²) >= 11 is 0. The molecule has 5 rings (SSSR count). The minimum Gasteiger partial charge on any atom is -0.468 e. The minimum absolute atomic E-state index is 0.00448. The Bertz CT molecular complexity index is 1140. The molecule has 1 aliphatic heterocycles. The Morgan fingerprint density at radius 1 is 0.889 bits per heavy atom. The van der Waals surface area contributed by atoms with Crippen LogP contribution in [0.1, 0.15) is 91.5 Å². The SMILES string of the molecule is COC(=O)C1CC2C3(C)CCC4C(C)(C)CCCC4(C)C3CCC2(C)N1S(=O)(=O)c1ccc(C)cc1. The van der Waals surface area contributed by atoms with E-state index < -0.39 is 27.6 Å². The van der Waals surface area contributed by atoms with Gasteiger partial charge in [0, 0.05) is 5.54 Å². The maximum Gasteiger partial charge on any atom is 0.324 e. The first-order chi connectivity index (χ1) is 16.7. The van der Waals surface area contributed by atoms with Gasteiger partial charge < -0.3 is 4.74 Å². The van der Waals surface area contributed by atoms with Crippen molar-refractivity contribution in [1.82, 2.24) is 4.31 Å². The van der Waals surface area contributed by atoms with E-state index in [0.29, 0.717) is 23.7 Å². The van der Waals surface area contributed by atoms with Crippen molar-refractivity contribution in [3.05, 3.63) is 29.8 Å². The Morgan fingerprint density at radius 3 is 2.14 bits per heavy atom. The highest BCUT2D eigenvalue weighted by atomic mass is 32.2.